The van der Waals surface area contributed by atoms with Crippen molar-refractivity contribution in [3.63, 3.8) is 0 Å². The molecule has 2 aromatic rings. The number of thiophene rings is 1. The van der Waals surface area contributed by atoms with E-state index in [2.05, 4.69) is 15.9 Å². The van der Waals surface area contributed by atoms with E-state index in [1.54, 1.807) is 23.5 Å². The molecule has 0 unspecified atom stereocenters. The van der Waals surface area contributed by atoms with E-state index < -0.39 is 0 Å². The first-order valence-electron chi connectivity index (χ1n) is 6.41. The van der Waals surface area contributed by atoms with Crippen LogP contribution in [0.1, 0.15) is 27.7 Å². The normalized spacial score (nSPS) is 10.6. The number of carbonyl (C=O) groups is 1. The number of nitrogens with zero attached hydrogens (tertiary/aromatic N) is 1. The molecule has 0 fully saturated rings. The van der Waals surface area contributed by atoms with Gasteiger partial charge in [0.15, 0.2) is 0 Å². The van der Waals surface area contributed by atoms with Crippen molar-refractivity contribution in [2.24, 2.45) is 0 Å². The third kappa shape index (κ3) is 3.41. The highest BCUT2D eigenvalue weighted by atomic mass is 79.9. The number of nitrogen functional groups attached to an aromatic ring is 1. The van der Waals surface area contributed by atoms with Crippen molar-refractivity contribution in [1.29, 1.82) is 0 Å². The van der Waals surface area contributed by atoms with E-state index in [4.69, 9.17) is 5.73 Å². The molecule has 1 heterocycles. The van der Waals surface area contributed by atoms with Crippen molar-refractivity contribution in [2.75, 3.05) is 12.3 Å². The smallest absolute Gasteiger partial charge is 0.254 e. The van der Waals surface area contributed by atoms with Gasteiger partial charge in [0, 0.05) is 22.7 Å². The van der Waals surface area contributed by atoms with Gasteiger partial charge in [-0.1, -0.05) is 0 Å². The van der Waals surface area contributed by atoms with Crippen LogP contribution >= 0.6 is 27.3 Å². The fraction of sp³-hybridized carbons (Fsp3) is 0.267. The summed E-state index contributed by atoms with van der Waals surface area (Å²) in [5, 5.41) is 0. The second kappa shape index (κ2) is 6.41. The summed E-state index contributed by atoms with van der Waals surface area (Å²) in [7, 11) is 0. The zero-order valence-electron chi connectivity index (χ0n) is 11.5. The van der Waals surface area contributed by atoms with Gasteiger partial charge >= 0.3 is 0 Å². The largest absolute Gasteiger partial charge is 0.399 e. The van der Waals surface area contributed by atoms with Crippen molar-refractivity contribution in [1.82, 2.24) is 4.90 Å². The Hall–Kier alpha value is -1.33. The first kappa shape index (κ1) is 15.1. The van der Waals surface area contributed by atoms with Crippen LogP contribution in [-0.4, -0.2) is 17.4 Å². The summed E-state index contributed by atoms with van der Waals surface area (Å²) in [5.74, 6) is 0.0418. The number of hydrogen-bond donors (Lipinski definition) is 1. The zero-order chi connectivity index (χ0) is 14.7. The Morgan fingerprint density at radius 3 is 2.65 bits per heavy atom. The van der Waals surface area contributed by atoms with E-state index >= 15 is 0 Å². The Morgan fingerprint density at radius 1 is 1.35 bits per heavy atom. The number of nitrogens with two attached hydrogens (primary N) is 1. The number of halogens is 1. The van der Waals surface area contributed by atoms with Crippen LogP contribution in [0.3, 0.4) is 0 Å². The van der Waals surface area contributed by atoms with Gasteiger partial charge in [-0.15, -0.1) is 11.3 Å². The highest BCUT2D eigenvalue weighted by Crippen LogP contribution is 2.24. The van der Waals surface area contributed by atoms with Gasteiger partial charge in [0.25, 0.3) is 5.91 Å². The molecule has 5 heteroatoms. The third-order valence-electron chi connectivity index (χ3n) is 3.16. The third-order valence-corrected chi connectivity index (χ3v) is 4.77. The van der Waals surface area contributed by atoms with Crippen LogP contribution in [-0.2, 0) is 6.54 Å². The Bertz CT molecular complexity index is 624. The molecule has 0 saturated heterocycles. The Labute approximate surface area is 131 Å². The SMILES string of the molecule is CCN(Cc1ccc(Br)s1)C(=O)c1ccc(N)c(C)c1. The molecule has 1 aromatic carbocycles. The van der Waals surface area contributed by atoms with Gasteiger partial charge in [-0.25, -0.2) is 0 Å². The summed E-state index contributed by atoms with van der Waals surface area (Å²) in [6.45, 7) is 5.22. The summed E-state index contributed by atoms with van der Waals surface area (Å²) in [6, 6.07) is 9.48. The summed E-state index contributed by atoms with van der Waals surface area (Å²) >= 11 is 5.10. The van der Waals surface area contributed by atoms with Crippen molar-refractivity contribution >= 4 is 38.9 Å². The van der Waals surface area contributed by atoms with E-state index in [1.165, 1.54) is 4.88 Å². The van der Waals surface area contributed by atoms with E-state index in [0.717, 1.165) is 9.35 Å². The molecule has 0 saturated carbocycles. The van der Waals surface area contributed by atoms with Gasteiger partial charge < -0.3 is 10.6 Å². The minimum atomic E-state index is 0.0418. The van der Waals surface area contributed by atoms with Crippen molar-refractivity contribution in [3.05, 3.63) is 50.1 Å². The standard InChI is InChI=1S/C15H17BrN2OS/c1-3-18(9-12-5-7-14(16)20-12)15(19)11-4-6-13(17)10(2)8-11/h4-8H,3,9,17H2,1-2H3. The monoisotopic (exact) mass is 352 g/mol. The van der Waals surface area contributed by atoms with Gasteiger partial charge in [0.05, 0.1) is 10.3 Å². The van der Waals surface area contributed by atoms with Crippen molar-refractivity contribution in [3.8, 4) is 0 Å². The number of anilines is 1. The maximum absolute atomic E-state index is 12.5. The Morgan fingerprint density at radius 2 is 2.10 bits per heavy atom. The Balaban J connectivity index is 2.18. The minimum Gasteiger partial charge on any atom is -0.399 e. The lowest BCUT2D eigenvalue weighted by molar-refractivity contribution is 0.0754. The molecule has 106 valence electrons. The molecular weight excluding hydrogens is 336 g/mol. The second-order valence-electron chi connectivity index (χ2n) is 4.60. The maximum Gasteiger partial charge on any atom is 0.254 e. The summed E-state index contributed by atoms with van der Waals surface area (Å²) in [5.41, 5.74) is 8.13. The van der Waals surface area contributed by atoms with E-state index in [1.807, 2.05) is 36.9 Å². The first-order valence-corrected chi connectivity index (χ1v) is 8.01. The molecule has 3 nitrogen and oxygen atoms in total. The molecule has 2 N–H and O–H groups in total. The molecular formula is C15H17BrN2OS. The molecule has 20 heavy (non-hydrogen) atoms. The highest BCUT2D eigenvalue weighted by molar-refractivity contribution is 9.11. The number of hydrogen-bond acceptors (Lipinski definition) is 3. The van der Waals surface area contributed by atoms with Gasteiger partial charge in [-0.3, -0.25) is 4.79 Å². The molecule has 0 aliphatic carbocycles. The zero-order valence-corrected chi connectivity index (χ0v) is 13.9. The van der Waals surface area contributed by atoms with Crippen LogP contribution in [0.2, 0.25) is 0 Å². The lowest BCUT2D eigenvalue weighted by atomic mass is 10.1. The van der Waals surface area contributed by atoms with E-state index in [-0.39, 0.29) is 5.91 Å². The molecule has 0 bridgehead atoms. The maximum atomic E-state index is 12.5. The first-order chi connectivity index (χ1) is 9.51. The topological polar surface area (TPSA) is 46.3 Å². The van der Waals surface area contributed by atoms with Crippen LogP contribution in [0.4, 0.5) is 5.69 Å². The minimum absolute atomic E-state index is 0.0418. The molecule has 1 aromatic heterocycles. The van der Waals surface area contributed by atoms with Crippen LogP contribution in [0, 0.1) is 6.92 Å². The predicted octanol–water partition coefficient (Wildman–Crippen LogP) is 4.06. The van der Waals surface area contributed by atoms with E-state index in [9.17, 15) is 4.79 Å². The molecule has 0 aliphatic rings. The van der Waals surface area contributed by atoms with Gasteiger partial charge in [-0.2, -0.15) is 0 Å². The van der Waals surface area contributed by atoms with E-state index in [0.29, 0.717) is 24.3 Å². The number of aryl methyl sites for hydroxylation is 1. The van der Waals surface area contributed by atoms with Crippen molar-refractivity contribution in [2.45, 2.75) is 20.4 Å². The highest BCUT2D eigenvalue weighted by Gasteiger charge is 2.15. The number of rotatable bonds is 4. The average Bonchev–Trinajstić information content (AvgIpc) is 2.84. The van der Waals surface area contributed by atoms with Gasteiger partial charge in [0.1, 0.15) is 0 Å². The summed E-state index contributed by atoms with van der Waals surface area (Å²) in [6.07, 6.45) is 0. The van der Waals surface area contributed by atoms with Gasteiger partial charge in [-0.05, 0) is 65.7 Å². The van der Waals surface area contributed by atoms with Crippen LogP contribution in [0.25, 0.3) is 0 Å². The van der Waals surface area contributed by atoms with Gasteiger partial charge in [0.2, 0.25) is 0 Å². The summed E-state index contributed by atoms with van der Waals surface area (Å²) < 4.78 is 1.08. The van der Waals surface area contributed by atoms with Crippen LogP contribution in [0.15, 0.2) is 34.1 Å². The number of amides is 1. The Kier molecular flexibility index (Phi) is 4.83. The van der Waals surface area contributed by atoms with Crippen molar-refractivity contribution < 1.29 is 4.79 Å². The lowest BCUT2D eigenvalue weighted by Crippen LogP contribution is -2.30. The fourth-order valence-electron chi connectivity index (χ4n) is 1.94. The molecule has 2 rings (SSSR count). The fourth-order valence-corrected chi connectivity index (χ4v) is 3.44. The molecule has 0 atom stereocenters. The average molecular weight is 353 g/mol. The van der Waals surface area contributed by atoms with Crippen LogP contribution < -0.4 is 5.73 Å². The van der Waals surface area contributed by atoms with Crippen LogP contribution in [0.5, 0.6) is 0 Å². The number of benzene rings is 1. The lowest BCUT2D eigenvalue weighted by Gasteiger charge is -2.20. The molecule has 1 amide bonds. The quantitative estimate of drug-likeness (QED) is 0.843. The molecule has 0 spiro atoms. The number of carbonyl (C=O) groups excluding carboxylic acids is 1. The molecule has 0 aliphatic heterocycles. The predicted molar refractivity (Wildman–Crippen MR) is 88.0 cm³/mol. The molecule has 0 radical (unpaired) electrons. The summed E-state index contributed by atoms with van der Waals surface area (Å²) in [4.78, 5) is 15.5. The second-order valence-corrected chi connectivity index (χ2v) is 7.14.